The highest BCUT2D eigenvalue weighted by Gasteiger charge is 2.33. The number of hydrogen-bond donors (Lipinski definition) is 2. The van der Waals surface area contributed by atoms with Crippen LogP contribution in [0.25, 0.3) is 0 Å². The zero-order valence-electron chi connectivity index (χ0n) is 15.2. The largest absolute Gasteiger partial charge is 0.444 e. The molecule has 0 spiro atoms. The lowest BCUT2D eigenvalue weighted by molar-refractivity contribution is 0.0103. The fourth-order valence-corrected chi connectivity index (χ4v) is 3.60. The van der Waals surface area contributed by atoms with E-state index in [0.29, 0.717) is 30.7 Å². The van der Waals surface area contributed by atoms with Crippen LogP contribution in [0, 0.1) is 5.92 Å². The number of nitrogens with one attached hydrogen (secondary N) is 2. The summed E-state index contributed by atoms with van der Waals surface area (Å²) in [6, 6.07) is 0.859. The Balaban J connectivity index is 1.82. The summed E-state index contributed by atoms with van der Waals surface area (Å²) in [5, 5.41) is 6.72. The molecule has 1 amide bonds. The van der Waals surface area contributed by atoms with Crippen LogP contribution in [0.3, 0.4) is 0 Å². The van der Waals surface area contributed by atoms with Gasteiger partial charge < -0.3 is 20.1 Å². The SMILES string of the molecule is COC1CC(NC(CNC(=O)OC(C)(C)C)C2CCCCC2)C1. The van der Waals surface area contributed by atoms with Crippen LogP contribution in [0.15, 0.2) is 0 Å². The van der Waals surface area contributed by atoms with Gasteiger partial charge in [0, 0.05) is 25.7 Å². The molecular formula is C18H34N2O3. The second-order valence-corrected chi connectivity index (χ2v) is 8.08. The molecule has 1 atom stereocenters. The van der Waals surface area contributed by atoms with Crippen molar-refractivity contribution in [3.05, 3.63) is 0 Å². The number of ether oxygens (including phenoxy) is 2. The highest BCUT2D eigenvalue weighted by molar-refractivity contribution is 5.67. The molecule has 2 aliphatic carbocycles. The van der Waals surface area contributed by atoms with Gasteiger partial charge in [0.05, 0.1) is 6.10 Å². The number of carbonyl (C=O) groups is 1. The minimum Gasteiger partial charge on any atom is -0.444 e. The maximum atomic E-state index is 11.9. The molecule has 0 radical (unpaired) electrons. The lowest BCUT2D eigenvalue weighted by Crippen LogP contribution is -2.55. The third-order valence-corrected chi connectivity index (χ3v) is 4.96. The van der Waals surface area contributed by atoms with E-state index < -0.39 is 5.60 Å². The van der Waals surface area contributed by atoms with Crippen LogP contribution in [0.1, 0.15) is 65.7 Å². The molecule has 2 fully saturated rings. The third kappa shape index (κ3) is 6.30. The van der Waals surface area contributed by atoms with Gasteiger partial charge in [-0.15, -0.1) is 0 Å². The zero-order valence-corrected chi connectivity index (χ0v) is 15.2. The Kier molecular flexibility index (Phi) is 6.72. The van der Waals surface area contributed by atoms with Crippen molar-refractivity contribution in [2.24, 2.45) is 5.92 Å². The molecule has 2 aliphatic rings. The molecule has 2 rings (SSSR count). The molecule has 134 valence electrons. The number of hydrogen-bond acceptors (Lipinski definition) is 4. The average molecular weight is 326 g/mol. The Morgan fingerprint density at radius 2 is 1.83 bits per heavy atom. The molecule has 2 N–H and O–H groups in total. The number of amides is 1. The van der Waals surface area contributed by atoms with Crippen molar-refractivity contribution in [2.75, 3.05) is 13.7 Å². The second kappa shape index (κ2) is 8.34. The Hall–Kier alpha value is -0.810. The fourth-order valence-electron chi connectivity index (χ4n) is 3.60. The Morgan fingerprint density at radius 1 is 1.17 bits per heavy atom. The van der Waals surface area contributed by atoms with Crippen LogP contribution >= 0.6 is 0 Å². The first-order valence-corrected chi connectivity index (χ1v) is 9.13. The van der Waals surface area contributed by atoms with E-state index in [4.69, 9.17) is 9.47 Å². The van der Waals surface area contributed by atoms with E-state index >= 15 is 0 Å². The molecule has 0 aromatic heterocycles. The molecule has 0 saturated heterocycles. The van der Waals surface area contributed by atoms with Crippen LogP contribution < -0.4 is 10.6 Å². The molecule has 23 heavy (non-hydrogen) atoms. The van der Waals surface area contributed by atoms with Gasteiger partial charge in [-0.25, -0.2) is 4.79 Å². The number of alkyl carbamates (subject to hydrolysis) is 1. The lowest BCUT2D eigenvalue weighted by Gasteiger charge is -2.40. The van der Waals surface area contributed by atoms with Gasteiger partial charge in [-0.3, -0.25) is 0 Å². The average Bonchev–Trinajstić information content (AvgIpc) is 2.44. The zero-order chi connectivity index (χ0) is 16.9. The molecule has 0 heterocycles. The number of methoxy groups -OCH3 is 1. The maximum Gasteiger partial charge on any atom is 0.407 e. The van der Waals surface area contributed by atoms with Crippen LogP contribution in [-0.4, -0.2) is 43.5 Å². The van der Waals surface area contributed by atoms with Crippen molar-refractivity contribution in [2.45, 2.75) is 89.5 Å². The minimum atomic E-state index is -0.447. The quantitative estimate of drug-likeness (QED) is 0.787. The van der Waals surface area contributed by atoms with E-state index in [1.165, 1.54) is 32.1 Å². The predicted molar refractivity (Wildman–Crippen MR) is 91.6 cm³/mol. The highest BCUT2D eigenvalue weighted by atomic mass is 16.6. The predicted octanol–water partition coefficient (Wildman–Crippen LogP) is 3.23. The molecule has 0 aliphatic heterocycles. The van der Waals surface area contributed by atoms with Gasteiger partial charge in [0.1, 0.15) is 5.60 Å². The summed E-state index contributed by atoms with van der Waals surface area (Å²) < 4.78 is 10.7. The number of rotatable bonds is 6. The van der Waals surface area contributed by atoms with E-state index in [-0.39, 0.29) is 6.09 Å². The van der Waals surface area contributed by atoms with Crippen LogP contribution in [-0.2, 0) is 9.47 Å². The Morgan fingerprint density at radius 3 is 2.39 bits per heavy atom. The summed E-state index contributed by atoms with van der Waals surface area (Å²) >= 11 is 0. The van der Waals surface area contributed by atoms with Crippen LogP contribution in [0.2, 0.25) is 0 Å². The summed E-state index contributed by atoms with van der Waals surface area (Å²) in [7, 11) is 1.78. The topological polar surface area (TPSA) is 59.6 Å². The van der Waals surface area contributed by atoms with Crippen molar-refractivity contribution in [1.82, 2.24) is 10.6 Å². The first kappa shape index (κ1) is 18.5. The van der Waals surface area contributed by atoms with Gasteiger partial charge in [-0.1, -0.05) is 19.3 Å². The molecule has 0 aromatic rings. The molecule has 0 aromatic carbocycles. The summed E-state index contributed by atoms with van der Waals surface area (Å²) in [5.74, 6) is 0.653. The van der Waals surface area contributed by atoms with E-state index in [0.717, 1.165) is 12.8 Å². The summed E-state index contributed by atoms with van der Waals surface area (Å²) in [5.41, 5.74) is -0.447. The normalized spacial score (nSPS) is 27.1. The molecule has 1 unspecified atom stereocenters. The van der Waals surface area contributed by atoms with Gasteiger partial charge in [-0.2, -0.15) is 0 Å². The molecule has 5 nitrogen and oxygen atoms in total. The standard InChI is InChI=1S/C18H34N2O3/c1-18(2,3)23-17(21)19-12-16(13-8-6-5-7-9-13)20-14-10-15(11-14)22-4/h13-16,20H,5-12H2,1-4H3,(H,19,21). The number of carbonyl (C=O) groups excluding carboxylic acids is 1. The van der Waals surface area contributed by atoms with Crippen molar-refractivity contribution in [1.29, 1.82) is 0 Å². The van der Waals surface area contributed by atoms with Crippen LogP contribution in [0.5, 0.6) is 0 Å². The van der Waals surface area contributed by atoms with E-state index in [1.807, 2.05) is 20.8 Å². The molecule has 5 heteroatoms. The summed E-state index contributed by atoms with van der Waals surface area (Å²) in [6.45, 7) is 6.32. The maximum absolute atomic E-state index is 11.9. The van der Waals surface area contributed by atoms with E-state index in [1.54, 1.807) is 7.11 Å². The second-order valence-electron chi connectivity index (χ2n) is 8.08. The third-order valence-electron chi connectivity index (χ3n) is 4.96. The van der Waals surface area contributed by atoms with Crippen molar-refractivity contribution in [3.63, 3.8) is 0 Å². The highest BCUT2D eigenvalue weighted by Crippen LogP contribution is 2.29. The Bertz CT molecular complexity index is 369. The molecule has 0 bridgehead atoms. The lowest BCUT2D eigenvalue weighted by atomic mass is 9.81. The monoisotopic (exact) mass is 326 g/mol. The van der Waals surface area contributed by atoms with Gasteiger partial charge >= 0.3 is 6.09 Å². The van der Waals surface area contributed by atoms with Crippen molar-refractivity contribution in [3.8, 4) is 0 Å². The van der Waals surface area contributed by atoms with E-state index in [9.17, 15) is 4.79 Å². The first-order chi connectivity index (χ1) is 10.9. The summed E-state index contributed by atoms with van der Waals surface area (Å²) in [6.07, 6.45) is 8.71. The van der Waals surface area contributed by atoms with Gasteiger partial charge in [0.25, 0.3) is 0 Å². The fraction of sp³-hybridized carbons (Fsp3) is 0.944. The minimum absolute atomic E-state index is 0.316. The van der Waals surface area contributed by atoms with Gasteiger partial charge in [0.2, 0.25) is 0 Å². The Labute approximate surface area is 140 Å². The summed E-state index contributed by atoms with van der Waals surface area (Å²) in [4.78, 5) is 11.9. The van der Waals surface area contributed by atoms with Crippen molar-refractivity contribution < 1.29 is 14.3 Å². The van der Waals surface area contributed by atoms with E-state index in [2.05, 4.69) is 10.6 Å². The van der Waals surface area contributed by atoms with Crippen LogP contribution in [0.4, 0.5) is 4.79 Å². The molecule has 2 saturated carbocycles. The van der Waals surface area contributed by atoms with Gasteiger partial charge in [-0.05, 0) is 52.4 Å². The first-order valence-electron chi connectivity index (χ1n) is 9.13. The van der Waals surface area contributed by atoms with Crippen molar-refractivity contribution >= 4 is 6.09 Å². The molecular weight excluding hydrogens is 292 g/mol. The smallest absolute Gasteiger partial charge is 0.407 e. The van der Waals surface area contributed by atoms with Gasteiger partial charge in [0.15, 0.2) is 0 Å².